The third kappa shape index (κ3) is 5.97. The van der Waals surface area contributed by atoms with E-state index >= 15 is 0 Å². The molecule has 0 bridgehead atoms. The van der Waals surface area contributed by atoms with Crippen molar-refractivity contribution in [2.45, 2.75) is 36.4 Å². The zero-order valence-electron chi connectivity index (χ0n) is 17.1. The van der Waals surface area contributed by atoms with Gasteiger partial charge in [0, 0.05) is 11.8 Å². The van der Waals surface area contributed by atoms with Crippen molar-refractivity contribution in [3.05, 3.63) is 50.9 Å². The molecule has 0 aliphatic rings. The molecule has 0 aliphatic carbocycles. The van der Waals surface area contributed by atoms with Gasteiger partial charge < -0.3 is 16.2 Å². The second-order valence-electron chi connectivity index (χ2n) is 6.87. The number of carbonyl (C=O) groups is 2. The summed E-state index contributed by atoms with van der Waals surface area (Å²) >= 11 is 2.39. The number of nitrogens with zero attached hydrogens (tertiary/aromatic N) is 2. The predicted octanol–water partition coefficient (Wildman–Crippen LogP) is 2.58. The number of thiazole rings is 2. The molecule has 0 radical (unpaired) electrons. The van der Waals surface area contributed by atoms with Gasteiger partial charge in [0.05, 0.1) is 40.7 Å². The number of urea groups is 1. The fraction of sp³-hybridized carbons (Fsp3) is 0.263. The molecule has 2 amide bonds. The van der Waals surface area contributed by atoms with Crippen LogP contribution in [0.1, 0.15) is 21.3 Å². The van der Waals surface area contributed by atoms with E-state index in [1.807, 2.05) is 0 Å². The van der Waals surface area contributed by atoms with Gasteiger partial charge in [-0.25, -0.2) is 23.2 Å². The van der Waals surface area contributed by atoms with E-state index in [2.05, 4.69) is 15.3 Å². The quantitative estimate of drug-likeness (QED) is 0.381. The molecule has 0 atom stereocenters. The van der Waals surface area contributed by atoms with E-state index in [1.165, 1.54) is 22.7 Å². The molecule has 0 saturated carbocycles. The largest absolute Gasteiger partial charge is 0.501 e. The molecular weight excluding hydrogens is 517 g/mol. The minimum Gasteiger partial charge on any atom is -0.389 e. The number of amides is 2. The fourth-order valence-corrected chi connectivity index (χ4v) is 5.39. The highest BCUT2D eigenvalue weighted by Gasteiger charge is 2.46. The number of aromatic nitrogens is 2. The van der Waals surface area contributed by atoms with Gasteiger partial charge in [-0.2, -0.15) is 13.2 Å². The number of Topliss-reactive ketones (excluding diaryl/α,β-unsaturated/α-hetero) is 1. The van der Waals surface area contributed by atoms with Gasteiger partial charge in [-0.15, -0.1) is 22.7 Å². The summed E-state index contributed by atoms with van der Waals surface area (Å²) in [4.78, 5) is 31.8. The van der Waals surface area contributed by atoms with E-state index in [0.717, 1.165) is 24.3 Å². The minimum absolute atomic E-state index is 0.0347. The summed E-state index contributed by atoms with van der Waals surface area (Å²) < 4.78 is 60.7. The third-order valence-corrected chi connectivity index (χ3v) is 7.84. The molecule has 9 nitrogen and oxygen atoms in total. The van der Waals surface area contributed by atoms with Crippen molar-refractivity contribution in [3.8, 4) is 10.6 Å². The molecule has 4 N–H and O–H groups in total. The molecule has 0 saturated heterocycles. The number of benzene rings is 1. The van der Waals surface area contributed by atoms with Gasteiger partial charge in [0.25, 0.3) is 9.84 Å². The molecule has 0 fully saturated rings. The topological polar surface area (TPSA) is 152 Å². The van der Waals surface area contributed by atoms with E-state index in [0.29, 0.717) is 31.8 Å². The van der Waals surface area contributed by atoms with Gasteiger partial charge in [0.1, 0.15) is 15.8 Å². The molecule has 0 aliphatic heterocycles. The van der Waals surface area contributed by atoms with Crippen molar-refractivity contribution in [1.82, 2.24) is 15.3 Å². The highest BCUT2D eigenvalue weighted by molar-refractivity contribution is 7.92. The van der Waals surface area contributed by atoms with Gasteiger partial charge in [0.15, 0.2) is 0 Å². The monoisotopic (exact) mass is 534 g/mol. The SMILES string of the molecule is NC(=O)NCc1nc(CO)sc1-c1csc(CC(=O)Cc2ccc(S(=O)(=O)C(F)(F)F)cc2)n1. The lowest BCUT2D eigenvalue weighted by atomic mass is 10.1. The summed E-state index contributed by atoms with van der Waals surface area (Å²) in [6.45, 7) is -0.264. The zero-order chi connectivity index (χ0) is 25.1. The first-order chi connectivity index (χ1) is 15.9. The lowest BCUT2D eigenvalue weighted by Gasteiger charge is -2.08. The van der Waals surface area contributed by atoms with Crippen molar-refractivity contribution >= 4 is 44.3 Å². The Hall–Kier alpha value is -2.88. The lowest BCUT2D eigenvalue weighted by molar-refractivity contribution is -0.117. The fourth-order valence-electron chi connectivity index (χ4n) is 2.83. The van der Waals surface area contributed by atoms with Crippen molar-refractivity contribution < 1.29 is 36.3 Å². The number of carbonyl (C=O) groups excluding carboxylic acids is 2. The van der Waals surface area contributed by atoms with Crippen LogP contribution in [0.15, 0.2) is 34.5 Å². The van der Waals surface area contributed by atoms with E-state index in [4.69, 9.17) is 5.73 Å². The summed E-state index contributed by atoms with van der Waals surface area (Å²) in [6, 6.07) is 3.22. The van der Waals surface area contributed by atoms with Crippen LogP contribution >= 0.6 is 22.7 Å². The van der Waals surface area contributed by atoms with Crippen LogP contribution < -0.4 is 11.1 Å². The average molecular weight is 535 g/mol. The summed E-state index contributed by atoms with van der Waals surface area (Å²) in [5.41, 5.74) is 1.01. The first kappa shape index (κ1) is 25.7. The molecule has 3 aromatic rings. The second-order valence-corrected chi connectivity index (χ2v) is 10.8. The number of hydrogen-bond acceptors (Lipinski definition) is 9. The Morgan fingerprint density at radius 3 is 2.35 bits per heavy atom. The van der Waals surface area contributed by atoms with Gasteiger partial charge in [-0.3, -0.25) is 4.79 Å². The van der Waals surface area contributed by atoms with Crippen molar-refractivity contribution in [1.29, 1.82) is 0 Å². The maximum absolute atomic E-state index is 12.6. The van der Waals surface area contributed by atoms with E-state index in [9.17, 15) is 36.3 Å². The van der Waals surface area contributed by atoms with Gasteiger partial charge in [0.2, 0.25) is 0 Å². The maximum Gasteiger partial charge on any atom is 0.501 e. The van der Waals surface area contributed by atoms with Crippen molar-refractivity contribution in [3.63, 3.8) is 0 Å². The highest BCUT2D eigenvalue weighted by Crippen LogP contribution is 2.32. The molecule has 0 unspecified atom stereocenters. The van der Waals surface area contributed by atoms with Crippen molar-refractivity contribution in [2.75, 3.05) is 0 Å². The molecule has 182 valence electrons. The number of primary amides is 1. The molecular formula is C19H17F3N4O5S3. The number of nitrogens with one attached hydrogen (secondary N) is 1. The Labute approximate surface area is 199 Å². The van der Waals surface area contributed by atoms with Gasteiger partial charge in [-0.1, -0.05) is 12.1 Å². The Morgan fingerprint density at radius 2 is 1.76 bits per heavy atom. The number of halogens is 3. The Morgan fingerprint density at radius 1 is 1.09 bits per heavy atom. The van der Waals surface area contributed by atoms with Crippen LogP contribution in [0.4, 0.5) is 18.0 Å². The number of sulfone groups is 1. The predicted molar refractivity (Wildman–Crippen MR) is 118 cm³/mol. The Kier molecular flexibility index (Phi) is 7.70. The standard InChI is InChI=1S/C19H17F3N4O5S3/c20-19(21,22)34(30,31)12-3-1-10(2-4-12)5-11(28)6-15-26-14(9-32-15)17-13(7-24-18(23)29)25-16(8-27)33-17/h1-4,9,27H,5-8H2,(H3,23,24,29). The Bertz CT molecular complexity index is 1300. The Balaban J connectivity index is 1.69. The van der Waals surface area contributed by atoms with E-state index in [1.54, 1.807) is 5.38 Å². The van der Waals surface area contributed by atoms with E-state index < -0.39 is 26.3 Å². The summed E-state index contributed by atoms with van der Waals surface area (Å²) in [5, 5.41) is 14.4. The second kappa shape index (κ2) is 10.2. The molecule has 34 heavy (non-hydrogen) atoms. The lowest BCUT2D eigenvalue weighted by Crippen LogP contribution is -2.28. The summed E-state index contributed by atoms with van der Waals surface area (Å²) in [5.74, 6) is -0.275. The molecule has 3 rings (SSSR count). The number of ketones is 1. The molecule has 2 heterocycles. The number of nitrogens with two attached hydrogens (primary N) is 1. The zero-order valence-corrected chi connectivity index (χ0v) is 19.6. The first-order valence-corrected chi connectivity index (χ1v) is 12.6. The number of hydrogen-bond donors (Lipinski definition) is 3. The summed E-state index contributed by atoms with van der Waals surface area (Å²) in [6.07, 6.45) is -0.169. The van der Waals surface area contributed by atoms with E-state index in [-0.39, 0.29) is 31.8 Å². The number of rotatable bonds is 9. The normalized spacial score (nSPS) is 12.0. The highest BCUT2D eigenvalue weighted by atomic mass is 32.2. The van der Waals surface area contributed by atoms with Crippen molar-refractivity contribution in [2.24, 2.45) is 5.73 Å². The average Bonchev–Trinajstić information content (AvgIpc) is 3.38. The van der Waals surface area contributed by atoms with Crippen LogP contribution in [-0.2, 0) is 40.6 Å². The third-order valence-electron chi connectivity index (χ3n) is 4.38. The first-order valence-electron chi connectivity index (χ1n) is 9.40. The number of aliphatic hydroxyl groups excluding tert-OH is 1. The number of alkyl halides is 3. The van der Waals surface area contributed by atoms with Crippen LogP contribution in [0.25, 0.3) is 10.6 Å². The smallest absolute Gasteiger partial charge is 0.389 e. The number of aliphatic hydroxyl groups is 1. The van der Waals surface area contributed by atoms with Gasteiger partial charge >= 0.3 is 11.5 Å². The van der Waals surface area contributed by atoms with Gasteiger partial charge in [-0.05, 0) is 17.7 Å². The molecule has 15 heteroatoms. The van der Waals surface area contributed by atoms with Crippen LogP contribution in [0.3, 0.4) is 0 Å². The molecule has 1 aromatic carbocycles. The minimum atomic E-state index is -5.45. The summed E-state index contributed by atoms with van der Waals surface area (Å²) in [7, 11) is -5.45. The molecule has 0 spiro atoms. The van der Waals surface area contributed by atoms with Crippen LogP contribution in [0.2, 0.25) is 0 Å². The van der Waals surface area contributed by atoms with Crippen LogP contribution in [-0.4, -0.2) is 40.8 Å². The maximum atomic E-state index is 12.6. The van der Waals surface area contributed by atoms with Crippen LogP contribution in [0, 0.1) is 0 Å². The van der Waals surface area contributed by atoms with Crippen LogP contribution in [0.5, 0.6) is 0 Å². The molecule has 2 aromatic heterocycles.